The van der Waals surface area contributed by atoms with Gasteiger partial charge in [0, 0.05) is 6.54 Å². The number of aryl methyl sites for hydroxylation is 1. The van der Waals surface area contributed by atoms with Gasteiger partial charge in [-0.25, -0.2) is 4.79 Å². The predicted octanol–water partition coefficient (Wildman–Crippen LogP) is 6.09. The molecule has 0 spiro atoms. The van der Waals surface area contributed by atoms with Crippen molar-refractivity contribution < 1.29 is 27.4 Å². The lowest BCUT2D eigenvalue weighted by atomic mass is 9.70. The van der Waals surface area contributed by atoms with Crippen LogP contribution in [0, 0.1) is 11.3 Å². The molecule has 6 rings (SSSR count). The van der Waals surface area contributed by atoms with Gasteiger partial charge in [-0.1, -0.05) is 38.1 Å². The van der Waals surface area contributed by atoms with Crippen molar-refractivity contribution in [3.63, 3.8) is 0 Å². The number of alkyl carbamates (subject to hydrolysis) is 1. The number of hydrogen-bond acceptors (Lipinski definition) is 4. The summed E-state index contributed by atoms with van der Waals surface area (Å²) in [6.45, 7) is 7.20. The number of nitrogens with one attached hydrogen (secondary N) is 1. The van der Waals surface area contributed by atoms with E-state index in [0.717, 1.165) is 62.0 Å². The number of nitrogens with zero attached hydrogens (tertiary/aromatic N) is 1. The highest BCUT2D eigenvalue weighted by Gasteiger charge is 2.40. The third kappa shape index (κ3) is 5.27. The van der Waals surface area contributed by atoms with Gasteiger partial charge in [0.25, 0.3) is 0 Å². The van der Waals surface area contributed by atoms with Crippen molar-refractivity contribution in [3.8, 4) is 16.9 Å². The van der Waals surface area contributed by atoms with Crippen molar-refractivity contribution in [2.45, 2.75) is 58.0 Å². The lowest BCUT2D eigenvalue weighted by Gasteiger charge is -2.44. The number of hydrogen-bond donors (Lipinski definition) is 1. The molecule has 2 bridgehead atoms. The van der Waals surface area contributed by atoms with Gasteiger partial charge in [0.15, 0.2) is 0 Å². The van der Waals surface area contributed by atoms with Crippen molar-refractivity contribution in [3.05, 3.63) is 53.6 Å². The Morgan fingerprint density at radius 3 is 2.51 bits per heavy atom. The van der Waals surface area contributed by atoms with Gasteiger partial charge in [0.1, 0.15) is 11.9 Å². The molecule has 3 aliphatic heterocycles. The number of alkyl halides is 3. The summed E-state index contributed by atoms with van der Waals surface area (Å²) in [5, 5.41) is 3.14. The lowest BCUT2D eigenvalue weighted by molar-refractivity contribution is -0.274. The van der Waals surface area contributed by atoms with E-state index in [-0.39, 0.29) is 23.3 Å². The van der Waals surface area contributed by atoms with Gasteiger partial charge in [-0.3, -0.25) is 4.90 Å². The Balaban J connectivity index is 1.38. The summed E-state index contributed by atoms with van der Waals surface area (Å²) in [6.07, 6.45) is -1.33. The molecule has 1 aliphatic carbocycles. The van der Waals surface area contributed by atoms with Crippen LogP contribution in [0.4, 0.5) is 18.0 Å². The molecule has 1 amide bonds. The Bertz CT molecular complexity index is 1090. The second kappa shape index (κ2) is 9.04. The summed E-state index contributed by atoms with van der Waals surface area (Å²) < 4.78 is 48.1. The van der Waals surface area contributed by atoms with Crippen LogP contribution in [0.5, 0.6) is 5.75 Å². The van der Waals surface area contributed by atoms with Crippen LogP contribution >= 0.6 is 0 Å². The Morgan fingerprint density at radius 2 is 1.83 bits per heavy atom. The second-order valence-electron chi connectivity index (χ2n) is 10.6. The van der Waals surface area contributed by atoms with E-state index in [1.54, 1.807) is 12.1 Å². The fourth-order valence-corrected chi connectivity index (χ4v) is 5.77. The van der Waals surface area contributed by atoms with Gasteiger partial charge in [-0.2, -0.15) is 0 Å². The summed E-state index contributed by atoms with van der Waals surface area (Å²) in [6, 6.07) is 11.6. The Hall–Kier alpha value is -2.74. The molecule has 3 heterocycles. The van der Waals surface area contributed by atoms with Crippen LogP contribution in [0.3, 0.4) is 0 Å². The molecule has 188 valence electrons. The molecule has 2 aromatic rings. The van der Waals surface area contributed by atoms with Gasteiger partial charge in [-0.15, -0.1) is 13.2 Å². The zero-order valence-electron chi connectivity index (χ0n) is 20.0. The minimum absolute atomic E-state index is 0.0774. The molecule has 1 unspecified atom stereocenters. The fraction of sp³-hybridized carbons (Fsp3) is 0.519. The minimum Gasteiger partial charge on any atom is -0.445 e. The highest BCUT2D eigenvalue weighted by Crippen LogP contribution is 2.45. The summed E-state index contributed by atoms with van der Waals surface area (Å²) in [4.78, 5) is 15.4. The molecule has 0 radical (unpaired) electrons. The quantitative estimate of drug-likeness (QED) is 0.566. The van der Waals surface area contributed by atoms with Crippen molar-refractivity contribution >= 4 is 6.09 Å². The molecule has 35 heavy (non-hydrogen) atoms. The maximum Gasteiger partial charge on any atom is 0.573 e. The highest BCUT2D eigenvalue weighted by atomic mass is 19.4. The summed E-state index contributed by atoms with van der Waals surface area (Å²) in [7, 11) is 0. The number of halogens is 3. The first-order chi connectivity index (χ1) is 16.6. The molecular weight excluding hydrogens is 457 g/mol. The van der Waals surface area contributed by atoms with Crippen molar-refractivity contribution in [2.24, 2.45) is 11.3 Å². The average Bonchev–Trinajstić information content (AvgIpc) is 2.80. The molecule has 1 N–H and O–H groups in total. The average molecular weight is 489 g/mol. The zero-order valence-corrected chi connectivity index (χ0v) is 20.0. The monoisotopic (exact) mass is 488 g/mol. The fourth-order valence-electron chi connectivity index (χ4n) is 5.77. The number of fused-ring (bicyclic) bond motifs is 4. The van der Waals surface area contributed by atoms with Crippen LogP contribution < -0.4 is 10.1 Å². The standard InChI is InChI=1S/C27H31F3N2O3/c1-26(2)11-8-17-6-7-20(19-4-3-5-21(14-19)35-27(28,29)30)15-22(17)24(26)31-25(33)34-23-16-32-12-9-18(23)10-13-32/h3-7,14-15,18,23-24H,8-13,16H2,1-2H3,(H,31,33)/t23-,24?/m1/s1. The third-order valence-corrected chi connectivity index (χ3v) is 7.79. The third-order valence-electron chi connectivity index (χ3n) is 7.79. The SMILES string of the molecule is CC1(C)CCc2ccc(-c3cccc(OC(F)(F)F)c3)cc2C1NC(=O)O[C@@H]1CN2CCC1CC2. The van der Waals surface area contributed by atoms with Crippen LogP contribution in [0.1, 0.15) is 50.3 Å². The first-order valence-corrected chi connectivity index (χ1v) is 12.3. The smallest absolute Gasteiger partial charge is 0.445 e. The molecular formula is C27H31F3N2O3. The number of carbonyl (C=O) groups excluding carboxylic acids is 1. The topological polar surface area (TPSA) is 50.8 Å². The van der Waals surface area contributed by atoms with Gasteiger partial charge in [0.2, 0.25) is 0 Å². The molecule has 3 fully saturated rings. The van der Waals surface area contributed by atoms with E-state index in [4.69, 9.17) is 4.74 Å². The Kier molecular flexibility index (Phi) is 6.20. The first kappa shape index (κ1) is 24.0. The van der Waals surface area contributed by atoms with E-state index in [2.05, 4.69) is 28.8 Å². The number of piperidine rings is 3. The van der Waals surface area contributed by atoms with E-state index in [0.29, 0.717) is 11.5 Å². The number of rotatable bonds is 4. The van der Waals surface area contributed by atoms with Gasteiger partial charge >= 0.3 is 12.5 Å². The first-order valence-electron chi connectivity index (χ1n) is 12.3. The Morgan fingerprint density at radius 1 is 1.09 bits per heavy atom. The van der Waals surface area contributed by atoms with Gasteiger partial charge in [0.05, 0.1) is 6.04 Å². The van der Waals surface area contributed by atoms with Crippen LogP contribution in [-0.2, 0) is 11.2 Å². The molecule has 4 aliphatic rings. The Labute approximate surface area is 203 Å². The van der Waals surface area contributed by atoms with Crippen LogP contribution in [0.25, 0.3) is 11.1 Å². The molecule has 5 nitrogen and oxygen atoms in total. The molecule has 2 aromatic carbocycles. The lowest BCUT2D eigenvalue weighted by Crippen LogP contribution is -2.53. The molecule has 3 saturated heterocycles. The number of carbonyl (C=O) groups is 1. The van der Waals surface area contributed by atoms with Crippen molar-refractivity contribution in [1.29, 1.82) is 0 Å². The summed E-state index contributed by atoms with van der Waals surface area (Å²) in [5.41, 5.74) is 3.29. The predicted molar refractivity (Wildman–Crippen MR) is 126 cm³/mol. The van der Waals surface area contributed by atoms with Crippen molar-refractivity contribution in [1.82, 2.24) is 10.2 Å². The van der Waals surface area contributed by atoms with Crippen LogP contribution in [0.15, 0.2) is 42.5 Å². The maximum absolute atomic E-state index is 13.0. The molecule has 0 aromatic heterocycles. The summed E-state index contributed by atoms with van der Waals surface area (Å²) in [5.74, 6) is 0.166. The molecule has 2 atom stereocenters. The maximum atomic E-state index is 13.0. The largest absolute Gasteiger partial charge is 0.573 e. The van der Waals surface area contributed by atoms with E-state index < -0.39 is 12.5 Å². The van der Waals surface area contributed by atoms with Crippen LogP contribution in [-0.4, -0.2) is 43.1 Å². The zero-order chi connectivity index (χ0) is 24.8. The van der Waals surface area contributed by atoms with Crippen LogP contribution in [0.2, 0.25) is 0 Å². The minimum atomic E-state index is -4.75. The van der Waals surface area contributed by atoms with E-state index >= 15 is 0 Å². The van der Waals surface area contributed by atoms with Crippen molar-refractivity contribution in [2.75, 3.05) is 19.6 Å². The molecule has 0 saturated carbocycles. The van der Waals surface area contributed by atoms with E-state index in [9.17, 15) is 18.0 Å². The number of ether oxygens (including phenoxy) is 2. The van der Waals surface area contributed by atoms with E-state index in [1.165, 1.54) is 12.1 Å². The number of amides is 1. The molecule has 8 heteroatoms. The van der Waals surface area contributed by atoms with Gasteiger partial charge in [-0.05, 0) is 90.6 Å². The normalized spacial score (nSPS) is 27.1. The van der Waals surface area contributed by atoms with Gasteiger partial charge < -0.3 is 14.8 Å². The van der Waals surface area contributed by atoms with E-state index in [1.807, 2.05) is 18.2 Å². The second-order valence-corrected chi connectivity index (χ2v) is 10.6. The number of benzene rings is 2. The summed E-state index contributed by atoms with van der Waals surface area (Å²) >= 11 is 0. The highest BCUT2D eigenvalue weighted by molar-refractivity contribution is 5.70.